The van der Waals surface area contributed by atoms with Crippen LogP contribution in [0.25, 0.3) is 5.57 Å². The van der Waals surface area contributed by atoms with Crippen molar-refractivity contribution in [1.29, 1.82) is 0 Å². The molecule has 0 unspecified atom stereocenters. The van der Waals surface area contributed by atoms with Crippen LogP contribution in [0.4, 0.5) is 13.2 Å². The van der Waals surface area contributed by atoms with E-state index in [0.29, 0.717) is 0 Å². The van der Waals surface area contributed by atoms with Crippen molar-refractivity contribution in [1.82, 2.24) is 0 Å². The van der Waals surface area contributed by atoms with Crippen LogP contribution in [0.2, 0.25) is 0 Å². The number of halogens is 3. The number of carbonyl (C=O) groups is 1. The van der Waals surface area contributed by atoms with Gasteiger partial charge in [0.1, 0.15) is 11.8 Å². The van der Waals surface area contributed by atoms with Gasteiger partial charge in [-0.1, -0.05) is 30.3 Å². The van der Waals surface area contributed by atoms with Crippen LogP contribution in [0.15, 0.2) is 36.6 Å². The van der Waals surface area contributed by atoms with Crippen molar-refractivity contribution in [3.8, 4) is 0 Å². The summed E-state index contributed by atoms with van der Waals surface area (Å²) >= 11 is 0. The third-order valence-corrected chi connectivity index (χ3v) is 1.63. The third-order valence-electron chi connectivity index (χ3n) is 1.63. The molecular weight excluding hydrogens is 225 g/mol. The smallest absolute Gasteiger partial charge is 0.478 e. The van der Waals surface area contributed by atoms with Crippen LogP contribution in [0.1, 0.15) is 5.56 Å². The molecule has 16 heavy (non-hydrogen) atoms. The van der Waals surface area contributed by atoms with Gasteiger partial charge in [0.2, 0.25) is 0 Å². The van der Waals surface area contributed by atoms with Crippen LogP contribution in [-0.2, 0) is 9.53 Å². The fourth-order valence-electron chi connectivity index (χ4n) is 0.985. The highest BCUT2D eigenvalue weighted by Crippen LogP contribution is 2.21. The van der Waals surface area contributed by atoms with E-state index in [-0.39, 0.29) is 11.8 Å². The van der Waals surface area contributed by atoms with Crippen molar-refractivity contribution >= 4 is 11.5 Å². The van der Waals surface area contributed by atoms with E-state index in [1.165, 1.54) is 24.3 Å². The van der Waals surface area contributed by atoms with E-state index in [2.05, 4.69) is 4.74 Å². The van der Waals surface area contributed by atoms with Crippen molar-refractivity contribution in [2.45, 2.75) is 6.36 Å². The van der Waals surface area contributed by atoms with Crippen LogP contribution in [0.5, 0.6) is 0 Å². The van der Waals surface area contributed by atoms with Gasteiger partial charge in [-0.15, -0.1) is 13.2 Å². The fourth-order valence-corrected chi connectivity index (χ4v) is 0.985. The summed E-state index contributed by atoms with van der Waals surface area (Å²) < 4.78 is 38.6. The Morgan fingerprint density at radius 2 is 1.81 bits per heavy atom. The zero-order valence-electron chi connectivity index (χ0n) is 7.86. The lowest BCUT2D eigenvalue weighted by Gasteiger charge is -2.06. The maximum absolute atomic E-state index is 11.7. The lowest BCUT2D eigenvalue weighted by molar-refractivity contribution is -0.297. The number of hydrogen-bond donors (Lipinski definition) is 1. The molecule has 0 radical (unpaired) electrons. The average Bonchev–Trinajstić information content (AvgIpc) is 2.17. The number of benzene rings is 1. The monoisotopic (exact) mass is 232 g/mol. The number of alkyl halides is 3. The minimum absolute atomic E-state index is 0.138. The molecule has 1 aromatic carbocycles. The van der Waals surface area contributed by atoms with E-state index in [1.807, 2.05) is 0 Å². The van der Waals surface area contributed by atoms with E-state index in [9.17, 15) is 18.0 Å². The minimum atomic E-state index is -4.89. The maximum atomic E-state index is 11.7. The van der Waals surface area contributed by atoms with E-state index in [0.717, 1.165) is 0 Å². The first-order valence-electron chi connectivity index (χ1n) is 4.13. The van der Waals surface area contributed by atoms with Crippen molar-refractivity contribution < 1.29 is 27.8 Å². The molecule has 1 rings (SSSR count). The Kier molecular flexibility index (Phi) is 3.55. The highest BCUT2D eigenvalue weighted by atomic mass is 19.4. The summed E-state index contributed by atoms with van der Waals surface area (Å²) in [7, 11) is 0. The Labute approximate surface area is 88.8 Å². The summed E-state index contributed by atoms with van der Waals surface area (Å²) in [6.45, 7) is 0. The average molecular weight is 232 g/mol. The summed E-state index contributed by atoms with van der Waals surface area (Å²) in [4.78, 5) is 10.7. The van der Waals surface area contributed by atoms with Crippen LogP contribution in [0.3, 0.4) is 0 Å². The van der Waals surface area contributed by atoms with Crippen LogP contribution in [0, 0.1) is 0 Å². The van der Waals surface area contributed by atoms with Gasteiger partial charge in [0, 0.05) is 0 Å². The van der Waals surface area contributed by atoms with Gasteiger partial charge in [-0.3, -0.25) is 0 Å². The Hall–Kier alpha value is -1.98. The molecule has 86 valence electrons. The number of aliphatic carboxylic acids is 1. The first-order valence-corrected chi connectivity index (χ1v) is 4.13. The molecular formula is C10H7F3O3. The molecule has 0 amide bonds. The highest BCUT2D eigenvalue weighted by molar-refractivity contribution is 6.14. The van der Waals surface area contributed by atoms with Crippen molar-refractivity contribution in [2.24, 2.45) is 0 Å². The van der Waals surface area contributed by atoms with Crippen LogP contribution in [-0.4, -0.2) is 17.4 Å². The number of ether oxygens (including phenoxy) is 1. The van der Waals surface area contributed by atoms with Crippen molar-refractivity contribution in [2.75, 3.05) is 0 Å². The molecule has 0 heterocycles. The SMILES string of the molecule is O=C(O)/C(=C/OC(F)(F)F)c1ccccc1. The Bertz CT molecular complexity index is 396. The quantitative estimate of drug-likeness (QED) is 0.643. The van der Waals surface area contributed by atoms with E-state index in [1.54, 1.807) is 6.07 Å². The van der Waals surface area contributed by atoms with Gasteiger partial charge in [-0.2, -0.15) is 0 Å². The van der Waals surface area contributed by atoms with Gasteiger partial charge < -0.3 is 9.84 Å². The van der Waals surface area contributed by atoms with Gasteiger partial charge in [0.25, 0.3) is 0 Å². The standard InChI is InChI=1S/C10H7F3O3/c11-10(12,13)16-6-8(9(14)15)7-4-2-1-3-5-7/h1-6H,(H,14,15)/b8-6+. The second kappa shape index (κ2) is 4.69. The lowest BCUT2D eigenvalue weighted by Crippen LogP contribution is -2.10. The molecule has 6 heteroatoms. The van der Waals surface area contributed by atoms with Gasteiger partial charge in [0.15, 0.2) is 0 Å². The molecule has 0 spiro atoms. The lowest BCUT2D eigenvalue weighted by atomic mass is 10.1. The Balaban J connectivity index is 2.97. The molecule has 0 bridgehead atoms. The minimum Gasteiger partial charge on any atom is -0.478 e. The Morgan fingerprint density at radius 1 is 1.25 bits per heavy atom. The second-order valence-corrected chi connectivity index (χ2v) is 2.77. The molecule has 1 N–H and O–H groups in total. The van der Waals surface area contributed by atoms with E-state index >= 15 is 0 Å². The molecule has 3 nitrogen and oxygen atoms in total. The molecule has 0 saturated heterocycles. The number of rotatable bonds is 3. The van der Waals surface area contributed by atoms with Crippen molar-refractivity contribution in [3.05, 3.63) is 42.2 Å². The summed E-state index contributed by atoms with van der Waals surface area (Å²) in [5.41, 5.74) is -0.419. The normalized spacial score (nSPS) is 12.3. The molecule has 0 aliphatic carbocycles. The molecule has 0 saturated carbocycles. The summed E-state index contributed by atoms with van der Waals surface area (Å²) in [6, 6.07) is 7.40. The highest BCUT2D eigenvalue weighted by Gasteiger charge is 2.30. The largest absolute Gasteiger partial charge is 0.572 e. The number of hydrogen-bond acceptors (Lipinski definition) is 2. The predicted octanol–water partition coefficient (Wildman–Crippen LogP) is 2.65. The van der Waals surface area contributed by atoms with Crippen LogP contribution < -0.4 is 0 Å². The van der Waals surface area contributed by atoms with Gasteiger partial charge in [-0.25, -0.2) is 4.79 Å². The first kappa shape index (κ1) is 12.1. The zero-order chi connectivity index (χ0) is 12.2. The molecule has 1 aromatic rings. The molecule has 0 aliphatic heterocycles. The molecule has 0 atom stereocenters. The maximum Gasteiger partial charge on any atom is 0.572 e. The van der Waals surface area contributed by atoms with Crippen molar-refractivity contribution in [3.63, 3.8) is 0 Å². The van der Waals surface area contributed by atoms with Gasteiger partial charge in [0.05, 0.1) is 0 Å². The van der Waals surface area contributed by atoms with Gasteiger partial charge in [-0.05, 0) is 5.56 Å². The Morgan fingerprint density at radius 3 is 2.25 bits per heavy atom. The van der Waals surface area contributed by atoms with E-state index in [4.69, 9.17) is 5.11 Å². The van der Waals surface area contributed by atoms with E-state index < -0.39 is 17.9 Å². The van der Waals surface area contributed by atoms with Gasteiger partial charge >= 0.3 is 12.3 Å². The fraction of sp³-hybridized carbons (Fsp3) is 0.100. The molecule has 0 aromatic heterocycles. The summed E-state index contributed by atoms with van der Waals surface area (Å²) in [5, 5.41) is 8.71. The van der Waals surface area contributed by atoms with Crippen LogP contribution >= 0.6 is 0 Å². The number of carboxylic acid groups (broad SMARTS) is 1. The predicted molar refractivity (Wildman–Crippen MR) is 49.2 cm³/mol. The zero-order valence-corrected chi connectivity index (χ0v) is 7.86. The number of carboxylic acids is 1. The summed E-state index contributed by atoms with van der Waals surface area (Å²) in [5.74, 6) is -1.49. The third kappa shape index (κ3) is 3.64. The topological polar surface area (TPSA) is 46.5 Å². The molecule has 0 aliphatic rings. The first-order chi connectivity index (χ1) is 7.40. The second-order valence-electron chi connectivity index (χ2n) is 2.77. The summed E-state index contributed by atoms with van der Waals surface area (Å²) in [6.07, 6.45) is -4.72. The molecule has 0 fully saturated rings.